The maximum atomic E-state index is 5.97. The first-order valence-electron chi connectivity index (χ1n) is 5.30. The number of para-hydroxylation sites is 1. The van der Waals surface area contributed by atoms with Gasteiger partial charge in [0.25, 0.3) is 0 Å². The fraction of sp³-hybridized carbons (Fsp3) is 0. The lowest BCUT2D eigenvalue weighted by molar-refractivity contribution is 1.42. The Balaban J connectivity index is 2.02. The zero-order valence-electron chi connectivity index (χ0n) is 9.26. The molecule has 2 N–H and O–H groups in total. The highest BCUT2D eigenvalue weighted by Crippen LogP contribution is 2.35. The molecule has 0 fully saturated rings. The molecule has 2 heterocycles. The van der Waals surface area contributed by atoms with Gasteiger partial charge in [0.05, 0.1) is 14.4 Å². The van der Waals surface area contributed by atoms with Gasteiger partial charge in [-0.05, 0) is 40.2 Å². The topological polar surface area (TPSA) is 38.9 Å². The van der Waals surface area contributed by atoms with Crippen molar-refractivity contribution in [2.24, 2.45) is 0 Å². The highest BCUT2D eigenvalue weighted by atomic mass is 79.9. The number of aromatic nitrogens is 1. The van der Waals surface area contributed by atoms with E-state index >= 15 is 0 Å². The summed E-state index contributed by atoms with van der Waals surface area (Å²) in [5.41, 5.74) is 8.75. The van der Waals surface area contributed by atoms with Crippen LogP contribution in [-0.4, -0.2) is 4.98 Å². The van der Waals surface area contributed by atoms with Gasteiger partial charge in [-0.2, -0.15) is 0 Å². The van der Waals surface area contributed by atoms with Crippen molar-refractivity contribution in [2.45, 2.75) is 0 Å². The molecule has 18 heavy (non-hydrogen) atoms. The van der Waals surface area contributed by atoms with Crippen molar-refractivity contribution < 1.29 is 0 Å². The lowest BCUT2D eigenvalue weighted by atomic mass is 10.2. The molecule has 2 aromatic heterocycles. The summed E-state index contributed by atoms with van der Waals surface area (Å²) in [5.74, 6) is 0. The number of thiazole rings is 1. The molecule has 0 saturated heterocycles. The van der Waals surface area contributed by atoms with Crippen LogP contribution in [0.3, 0.4) is 0 Å². The van der Waals surface area contributed by atoms with Crippen molar-refractivity contribution >= 4 is 44.3 Å². The van der Waals surface area contributed by atoms with E-state index in [9.17, 15) is 0 Å². The average molecular weight is 337 g/mol. The molecule has 1 aromatic carbocycles. The molecule has 0 unspecified atom stereocenters. The summed E-state index contributed by atoms with van der Waals surface area (Å²) in [6.45, 7) is 0. The number of anilines is 1. The summed E-state index contributed by atoms with van der Waals surface area (Å²) < 4.78 is 1.12. The molecule has 0 spiro atoms. The normalized spacial score (nSPS) is 10.7. The highest BCUT2D eigenvalue weighted by Gasteiger charge is 2.10. The van der Waals surface area contributed by atoms with Gasteiger partial charge in [-0.3, -0.25) is 0 Å². The summed E-state index contributed by atoms with van der Waals surface area (Å²) in [6.07, 6.45) is 0. The lowest BCUT2D eigenvalue weighted by Gasteiger charge is -1.99. The third-order valence-electron chi connectivity index (χ3n) is 2.52. The van der Waals surface area contributed by atoms with Gasteiger partial charge in [-0.25, -0.2) is 4.98 Å². The largest absolute Gasteiger partial charge is 0.398 e. The van der Waals surface area contributed by atoms with E-state index in [0.29, 0.717) is 0 Å². The number of rotatable bonds is 2. The minimum Gasteiger partial charge on any atom is -0.398 e. The number of benzene rings is 1. The number of nitrogen functional groups attached to an aromatic ring is 1. The Labute approximate surface area is 121 Å². The summed E-state index contributed by atoms with van der Waals surface area (Å²) in [4.78, 5) is 5.82. The smallest absolute Gasteiger partial charge is 0.126 e. The van der Waals surface area contributed by atoms with Gasteiger partial charge < -0.3 is 5.73 Å². The lowest BCUT2D eigenvalue weighted by Crippen LogP contribution is -1.88. The highest BCUT2D eigenvalue weighted by molar-refractivity contribution is 9.11. The third kappa shape index (κ3) is 2.21. The Morgan fingerprint density at radius 3 is 2.67 bits per heavy atom. The molecule has 5 heteroatoms. The predicted octanol–water partition coefficient (Wildman–Crippen LogP) is 4.88. The van der Waals surface area contributed by atoms with Crippen LogP contribution in [-0.2, 0) is 0 Å². The van der Waals surface area contributed by atoms with Crippen LogP contribution in [0.2, 0.25) is 0 Å². The Morgan fingerprint density at radius 2 is 1.94 bits per heavy atom. The summed E-state index contributed by atoms with van der Waals surface area (Å²) in [7, 11) is 0. The zero-order valence-corrected chi connectivity index (χ0v) is 12.5. The van der Waals surface area contributed by atoms with Crippen LogP contribution in [0, 0.1) is 0 Å². The summed E-state index contributed by atoms with van der Waals surface area (Å²) in [5, 5.41) is 3.03. The standard InChI is InChI=1S/C13H9BrN2S2/c14-12-6-5-11(18-12)10-7-17-13(16-10)8-3-1-2-4-9(8)15/h1-7H,15H2. The molecule has 0 bridgehead atoms. The molecule has 0 atom stereocenters. The summed E-state index contributed by atoms with van der Waals surface area (Å²) >= 11 is 6.77. The van der Waals surface area contributed by atoms with Crippen LogP contribution in [0.5, 0.6) is 0 Å². The fourth-order valence-electron chi connectivity index (χ4n) is 1.65. The van der Waals surface area contributed by atoms with Crippen molar-refractivity contribution in [1.29, 1.82) is 0 Å². The molecule has 3 rings (SSSR count). The van der Waals surface area contributed by atoms with E-state index in [1.54, 1.807) is 22.7 Å². The number of hydrogen-bond donors (Lipinski definition) is 1. The SMILES string of the molecule is Nc1ccccc1-c1nc(-c2ccc(Br)s2)cs1. The monoisotopic (exact) mass is 336 g/mol. The molecule has 0 aliphatic carbocycles. The fourth-order valence-corrected chi connectivity index (χ4v) is 3.94. The van der Waals surface area contributed by atoms with E-state index in [4.69, 9.17) is 5.73 Å². The quantitative estimate of drug-likeness (QED) is 0.677. The van der Waals surface area contributed by atoms with Crippen molar-refractivity contribution in [3.05, 3.63) is 45.6 Å². The van der Waals surface area contributed by atoms with Gasteiger partial charge >= 0.3 is 0 Å². The van der Waals surface area contributed by atoms with Gasteiger partial charge in [0.2, 0.25) is 0 Å². The Kier molecular flexibility index (Phi) is 3.20. The van der Waals surface area contributed by atoms with Crippen molar-refractivity contribution in [1.82, 2.24) is 4.98 Å². The van der Waals surface area contributed by atoms with Gasteiger partial charge in [-0.15, -0.1) is 22.7 Å². The van der Waals surface area contributed by atoms with Crippen molar-refractivity contribution in [3.8, 4) is 21.1 Å². The first kappa shape index (κ1) is 11.9. The molecule has 0 amide bonds. The van der Waals surface area contributed by atoms with Crippen molar-refractivity contribution in [3.63, 3.8) is 0 Å². The van der Waals surface area contributed by atoms with Crippen LogP contribution in [0.1, 0.15) is 0 Å². The van der Waals surface area contributed by atoms with E-state index < -0.39 is 0 Å². The van der Waals surface area contributed by atoms with Crippen LogP contribution >= 0.6 is 38.6 Å². The van der Waals surface area contributed by atoms with E-state index in [1.807, 2.05) is 30.3 Å². The maximum Gasteiger partial charge on any atom is 0.126 e. The molecule has 2 nitrogen and oxygen atoms in total. The molecule has 0 aliphatic heterocycles. The van der Waals surface area contributed by atoms with E-state index in [2.05, 4.69) is 32.4 Å². The first-order chi connectivity index (χ1) is 8.74. The van der Waals surface area contributed by atoms with Gasteiger partial charge in [0.15, 0.2) is 0 Å². The van der Waals surface area contributed by atoms with Crippen LogP contribution in [0.15, 0.2) is 45.6 Å². The number of halogens is 1. The minimum atomic E-state index is 0.769. The zero-order chi connectivity index (χ0) is 12.5. The van der Waals surface area contributed by atoms with E-state index in [1.165, 1.54) is 4.88 Å². The summed E-state index contributed by atoms with van der Waals surface area (Å²) in [6, 6.07) is 11.9. The number of nitrogens with two attached hydrogens (primary N) is 1. The first-order valence-corrected chi connectivity index (χ1v) is 7.79. The molecule has 0 aliphatic rings. The number of hydrogen-bond acceptors (Lipinski definition) is 4. The Morgan fingerprint density at radius 1 is 1.11 bits per heavy atom. The van der Waals surface area contributed by atoms with Crippen LogP contribution in [0.4, 0.5) is 5.69 Å². The number of nitrogens with zero attached hydrogens (tertiary/aromatic N) is 1. The third-order valence-corrected chi connectivity index (χ3v) is 5.04. The van der Waals surface area contributed by atoms with Crippen LogP contribution in [0.25, 0.3) is 21.1 Å². The maximum absolute atomic E-state index is 5.97. The second kappa shape index (κ2) is 4.84. The molecule has 90 valence electrons. The average Bonchev–Trinajstić information content (AvgIpc) is 2.98. The Hall–Kier alpha value is -1.17. The van der Waals surface area contributed by atoms with Crippen molar-refractivity contribution in [2.75, 3.05) is 5.73 Å². The molecule has 3 aromatic rings. The van der Waals surface area contributed by atoms with Crippen LogP contribution < -0.4 is 5.73 Å². The molecule has 0 saturated carbocycles. The number of thiophene rings is 1. The minimum absolute atomic E-state index is 0.769. The molecular formula is C13H9BrN2S2. The Bertz CT molecular complexity index is 688. The van der Waals surface area contributed by atoms with Gasteiger partial charge in [0, 0.05) is 16.6 Å². The van der Waals surface area contributed by atoms with E-state index in [-0.39, 0.29) is 0 Å². The molecule has 0 radical (unpaired) electrons. The van der Waals surface area contributed by atoms with Gasteiger partial charge in [0.1, 0.15) is 5.01 Å². The second-order valence-electron chi connectivity index (χ2n) is 3.73. The van der Waals surface area contributed by atoms with Gasteiger partial charge in [-0.1, -0.05) is 12.1 Å². The second-order valence-corrected chi connectivity index (χ2v) is 7.05. The molecular weight excluding hydrogens is 328 g/mol. The predicted molar refractivity (Wildman–Crippen MR) is 83.0 cm³/mol. The van der Waals surface area contributed by atoms with E-state index in [0.717, 1.165) is 25.7 Å².